The Balaban J connectivity index is 1.07. The number of fused-ring (bicyclic) bond motifs is 2. The van der Waals surface area contributed by atoms with Crippen molar-refractivity contribution in [1.29, 1.82) is 0 Å². The number of halogens is 2. The minimum Gasteiger partial charge on any atom is -0.444 e. The number of ether oxygens (including phenoxy) is 2. The van der Waals surface area contributed by atoms with Crippen LogP contribution in [0, 0.1) is 5.41 Å². The van der Waals surface area contributed by atoms with Crippen LogP contribution in [-0.4, -0.2) is 107 Å². The Morgan fingerprint density at radius 1 is 1.12 bits per heavy atom. The van der Waals surface area contributed by atoms with Gasteiger partial charge in [0, 0.05) is 52.1 Å². The summed E-state index contributed by atoms with van der Waals surface area (Å²) in [6, 6.07) is 7.87. The third-order valence-corrected chi connectivity index (χ3v) is 10.3. The summed E-state index contributed by atoms with van der Waals surface area (Å²) in [6.07, 6.45) is 3.82. The van der Waals surface area contributed by atoms with Gasteiger partial charge in [-0.2, -0.15) is 0 Å². The van der Waals surface area contributed by atoms with Gasteiger partial charge >= 0.3 is 6.09 Å². The van der Waals surface area contributed by atoms with Crippen molar-refractivity contribution < 1.29 is 27.8 Å². The second-order valence-corrected chi connectivity index (χ2v) is 14.6. The van der Waals surface area contributed by atoms with Crippen molar-refractivity contribution in [2.75, 3.05) is 57.1 Å². The Bertz CT molecular complexity index is 1730. The molecule has 1 spiro atoms. The summed E-state index contributed by atoms with van der Waals surface area (Å²) in [4.78, 5) is 35.5. The maximum absolute atomic E-state index is 15.7. The van der Waals surface area contributed by atoms with E-state index in [9.17, 15) is 9.59 Å². The molecular weight excluding hydrogens is 622 g/mol. The molecule has 5 heterocycles. The first-order chi connectivity index (χ1) is 22.8. The Labute approximate surface area is 278 Å². The minimum absolute atomic E-state index is 0.00448. The fourth-order valence-corrected chi connectivity index (χ4v) is 7.47. The van der Waals surface area contributed by atoms with Crippen LogP contribution in [0.2, 0.25) is 0 Å². The molecule has 2 aromatic heterocycles. The third kappa shape index (κ3) is 5.62. The maximum Gasteiger partial charge on any atom is 0.410 e. The molecule has 0 unspecified atom stereocenters. The molecule has 3 fully saturated rings. The number of hydrogen-bond acceptors (Lipinski definition) is 9. The summed E-state index contributed by atoms with van der Waals surface area (Å²) in [5.74, 6) is -2.54. The zero-order valence-electron chi connectivity index (χ0n) is 28.2. The van der Waals surface area contributed by atoms with Gasteiger partial charge in [-0.25, -0.2) is 23.1 Å². The highest BCUT2D eigenvalue weighted by atomic mass is 19.3. The molecule has 1 aliphatic carbocycles. The normalized spacial score (nSPS) is 23.1. The lowest BCUT2D eigenvalue weighted by Crippen LogP contribution is -2.71. The number of carbonyl (C=O) groups is 2. The van der Waals surface area contributed by atoms with E-state index in [1.54, 1.807) is 39.4 Å². The van der Waals surface area contributed by atoms with Gasteiger partial charge in [0.05, 0.1) is 36.0 Å². The van der Waals surface area contributed by atoms with Crippen molar-refractivity contribution in [2.45, 2.75) is 76.7 Å². The van der Waals surface area contributed by atoms with Crippen LogP contribution in [0.4, 0.5) is 30.8 Å². The first-order valence-electron chi connectivity index (χ1n) is 16.7. The van der Waals surface area contributed by atoms with Gasteiger partial charge in [0.25, 0.3) is 11.8 Å². The molecule has 4 aliphatic rings. The maximum atomic E-state index is 15.7. The van der Waals surface area contributed by atoms with Gasteiger partial charge < -0.3 is 29.9 Å². The quantitative estimate of drug-likeness (QED) is 0.378. The summed E-state index contributed by atoms with van der Waals surface area (Å²) in [5, 5.41) is 11.1. The number of benzene rings is 1. The average molecular weight is 667 g/mol. The molecule has 1 aromatic carbocycles. The number of methoxy groups -OCH3 is 1. The molecule has 0 radical (unpaired) electrons. The van der Waals surface area contributed by atoms with Crippen molar-refractivity contribution in [3.63, 3.8) is 0 Å². The number of aromatic nitrogens is 3. The molecule has 2 amide bonds. The van der Waals surface area contributed by atoms with Gasteiger partial charge in [0.2, 0.25) is 0 Å². The van der Waals surface area contributed by atoms with Crippen LogP contribution in [0.5, 0.6) is 0 Å². The van der Waals surface area contributed by atoms with Crippen molar-refractivity contribution in [3.05, 3.63) is 47.3 Å². The highest BCUT2D eigenvalue weighted by Gasteiger charge is 2.63. The molecule has 12 nitrogen and oxygen atoms in total. The number of alkyl halides is 2. The molecule has 3 aromatic rings. The summed E-state index contributed by atoms with van der Waals surface area (Å²) in [6.45, 7) is 6.56. The second-order valence-electron chi connectivity index (χ2n) is 14.6. The third-order valence-electron chi connectivity index (χ3n) is 10.3. The van der Waals surface area contributed by atoms with Crippen LogP contribution in [0.15, 0.2) is 30.5 Å². The molecule has 2 atom stereocenters. The summed E-state index contributed by atoms with van der Waals surface area (Å²) in [7, 11) is 3.45. The molecular formula is C34H44F2N8O4. The van der Waals surface area contributed by atoms with Crippen LogP contribution >= 0.6 is 0 Å². The zero-order chi connectivity index (χ0) is 34.0. The lowest BCUT2D eigenvalue weighted by molar-refractivity contribution is -0.219. The van der Waals surface area contributed by atoms with Gasteiger partial charge in [-0.1, -0.05) is 12.1 Å². The smallest absolute Gasteiger partial charge is 0.410 e. The van der Waals surface area contributed by atoms with E-state index in [2.05, 4.69) is 20.5 Å². The van der Waals surface area contributed by atoms with Gasteiger partial charge in [-0.15, -0.1) is 5.10 Å². The predicted molar refractivity (Wildman–Crippen MR) is 176 cm³/mol. The standard InChI is InChI=1S/C34H44F2N8O4/c1-32(2,3)48-31(46)42-18-33(19-42)12-14-41(20-34(33,35)36)17-21-7-6-8-25-22(21)11-13-43(25)28-15-24(37-4)29-38-16-26(44(29)40-28)30(45)39-23-9-10-27(23)47-5/h6-8,15-16,23,27,37H,9-14,17-20H2,1-5H3,(H,39,45)/t23-,27-/m1/s1. The highest BCUT2D eigenvalue weighted by molar-refractivity contribution is 5.94. The lowest BCUT2D eigenvalue weighted by atomic mass is 9.69. The Hall–Kier alpha value is -4.04. The van der Waals surface area contributed by atoms with E-state index in [1.807, 2.05) is 29.2 Å². The van der Waals surface area contributed by atoms with E-state index in [-0.39, 0.29) is 37.7 Å². The number of piperidine rings is 1. The van der Waals surface area contributed by atoms with Crippen molar-refractivity contribution in [2.24, 2.45) is 5.41 Å². The average Bonchev–Trinajstić information content (AvgIpc) is 3.62. The number of nitrogens with zero attached hydrogens (tertiary/aromatic N) is 6. The Morgan fingerprint density at radius 3 is 2.58 bits per heavy atom. The number of anilines is 3. The van der Waals surface area contributed by atoms with E-state index >= 15 is 8.78 Å². The van der Waals surface area contributed by atoms with Gasteiger partial charge in [0.15, 0.2) is 17.2 Å². The van der Waals surface area contributed by atoms with Crippen molar-refractivity contribution >= 4 is 34.8 Å². The molecule has 2 N–H and O–H groups in total. The highest BCUT2D eigenvalue weighted by Crippen LogP contribution is 2.51. The van der Waals surface area contributed by atoms with E-state index in [0.29, 0.717) is 43.2 Å². The second kappa shape index (κ2) is 11.8. The summed E-state index contributed by atoms with van der Waals surface area (Å²) in [5.41, 5.74) is 2.81. The monoisotopic (exact) mass is 666 g/mol. The van der Waals surface area contributed by atoms with Crippen LogP contribution in [0.3, 0.4) is 0 Å². The zero-order valence-corrected chi connectivity index (χ0v) is 28.2. The van der Waals surface area contributed by atoms with Gasteiger partial charge in [0.1, 0.15) is 5.60 Å². The van der Waals surface area contributed by atoms with Crippen molar-refractivity contribution in [1.82, 2.24) is 29.7 Å². The van der Waals surface area contributed by atoms with Gasteiger partial charge in [-0.05, 0) is 70.2 Å². The van der Waals surface area contributed by atoms with Gasteiger partial charge in [-0.3, -0.25) is 9.69 Å². The number of rotatable bonds is 7. The fraction of sp³-hybridized carbons (Fsp3) is 0.588. The number of nitrogens with one attached hydrogen (secondary N) is 2. The largest absolute Gasteiger partial charge is 0.444 e. The van der Waals surface area contributed by atoms with E-state index in [1.165, 1.54) is 11.1 Å². The molecule has 14 heteroatoms. The molecule has 258 valence electrons. The molecule has 7 rings (SSSR count). The molecule has 48 heavy (non-hydrogen) atoms. The SMILES string of the molecule is CNc1cc(N2CCc3c(CN4CCC5(CN(C(=O)OC(C)(C)C)C5)C(F)(F)C4)cccc32)nn2c(C(=O)N[C@@H]3CC[C@H]3OC)cnc12. The molecule has 3 aliphatic heterocycles. The number of hydrogen-bond donors (Lipinski definition) is 2. The van der Waals surface area contributed by atoms with Crippen molar-refractivity contribution in [3.8, 4) is 0 Å². The Morgan fingerprint density at radius 2 is 1.92 bits per heavy atom. The molecule has 2 saturated heterocycles. The first-order valence-corrected chi connectivity index (χ1v) is 16.7. The van der Waals surface area contributed by atoms with Crippen LogP contribution < -0.4 is 15.5 Å². The van der Waals surface area contributed by atoms with E-state index in [4.69, 9.17) is 14.6 Å². The predicted octanol–water partition coefficient (Wildman–Crippen LogP) is 4.45. The summed E-state index contributed by atoms with van der Waals surface area (Å²) >= 11 is 0. The molecule has 0 bridgehead atoms. The number of likely N-dealkylation sites (tertiary alicyclic amines) is 2. The number of carbonyl (C=O) groups excluding carboxylic acids is 2. The minimum atomic E-state index is -2.94. The fourth-order valence-electron chi connectivity index (χ4n) is 7.47. The van der Waals surface area contributed by atoms with E-state index < -0.39 is 23.0 Å². The van der Waals surface area contributed by atoms with Crippen LogP contribution in [-0.2, 0) is 22.4 Å². The number of amides is 2. The van der Waals surface area contributed by atoms with E-state index in [0.717, 1.165) is 41.8 Å². The first kappa shape index (κ1) is 32.5. The topological polar surface area (TPSA) is 117 Å². The number of imidazole rings is 1. The Kier molecular flexibility index (Phi) is 8.01. The van der Waals surface area contributed by atoms with Crippen LogP contribution in [0.1, 0.15) is 61.6 Å². The summed E-state index contributed by atoms with van der Waals surface area (Å²) < 4.78 is 43.8. The molecule has 1 saturated carbocycles. The van der Waals surface area contributed by atoms with Crippen LogP contribution in [0.25, 0.3) is 5.65 Å². The lowest BCUT2D eigenvalue weighted by Gasteiger charge is -2.57.